The van der Waals surface area contributed by atoms with Gasteiger partial charge in [0.25, 0.3) is 0 Å². The number of rotatable bonds is 4. The summed E-state index contributed by atoms with van der Waals surface area (Å²) in [4.78, 5) is 17.4. The molecule has 3 heterocycles. The Kier molecular flexibility index (Phi) is 5.18. The van der Waals surface area contributed by atoms with E-state index in [1.807, 2.05) is 0 Å². The van der Waals surface area contributed by atoms with Crippen LogP contribution in [0.25, 0.3) is 0 Å². The molecule has 1 amide bonds. The van der Waals surface area contributed by atoms with Gasteiger partial charge in [-0.3, -0.25) is 9.78 Å². The number of hydrogen-bond acceptors (Lipinski definition) is 5. The van der Waals surface area contributed by atoms with Crippen molar-refractivity contribution in [2.24, 2.45) is 11.3 Å². The van der Waals surface area contributed by atoms with Gasteiger partial charge in [0.05, 0.1) is 22.7 Å². The second kappa shape index (κ2) is 7.62. The molecular formula is C20H23N3O4S. The minimum absolute atomic E-state index is 0.166. The molecule has 4 rings (SSSR count). The lowest BCUT2D eigenvalue weighted by molar-refractivity contribution is -0.124. The number of hydrogen-bond donors (Lipinski definition) is 1. The molecular weight excluding hydrogens is 378 g/mol. The Morgan fingerprint density at radius 2 is 1.89 bits per heavy atom. The average molecular weight is 401 g/mol. The highest BCUT2D eigenvalue weighted by Gasteiger charge is 2.53. The second-order valence-corrected chi connectivity index (χ2v) is 9.31. The zero-order valence-corrected chi connectivity index (χ0v) is 16.3. The van der Waals surface area contributed by atoms with Crippen LogP contribution in [0.3, 0.4) is 0 Å². The molecule has 1 aromatic carbocycles. The molecule has 1 spiro atoms. The van der Waals surface area contributed by atoms with Gasteiger partial charge in [0, 0.05) is 37.9 Å². The average Bonchev–Trinajstić information content (AvgIpc) is 3.09. The van der Waals surface area contributed by atoms with Crippen LogP contribution < -0.4 is 5.32 Å². The van der Waals surface area contributed by atoms with Gasteiger partial charge < -0.3 is 10.1 Å². The highest BCUT2D eigenvalue weighted by atomic mass is 32.2. The Bertz CT molecular complexity index is 928. The molecule has 0 unspecified atom stereocenters. The van der Waals surface area contributed by atoms with E-state index in [9.17, 15) is 13.2 Å². The summed E-state index contributed by atoms with van der Waals surface area (Å²) in [7, 11) is -3.65. The van der Waals surface area contributed by atoms with Crippen LogP contribution in [-0.2, 0) is 19.6 Å². The normalized spacial score (nSPS) is 22.2. The Morgan fingerprint density at radius 1 is 1.14 bits per heavy atom. The topological polar surface area (TPSA) is 88.6 Å². The Labute approximate surface area is 164 Å². The fourth-order valence-corrected chi connectivity index (χ4v) is 5.73. The number of sulfonamides is 1. The van der Waals surface area contributed by atoms with Crippen LogP contribution in [0.15, 0.2) is 59.8 Å². The highest BCUT2D eigenvalue weighted by molar-refractivity contribution is 7.89. The van der Waals surface area contributed by atoms with Gasteiger partial charge in [-0.25, -0.2) is 8.42 Å². The molecule has 2 fully saturated rings. The maximum atomic E-state index is 13.1. The van der Waals surface area contributed by atoms with E-state index >= 15 is 0 Å². The van der Waals surface area contributed by atoms with Gasteiger partial charge in [0.1, 0.15) is 0 Å². The SMILES string of the molecule is O=C(Nc1cccnc1)[C@H]1CN(S(=O)(=O)c2ccccc2)CC12CCOCC2. The lowest BCUT2D eigenvalue weighted by Gasteiger charge is -2.37. The first-order valence-electron chi connectivity index (χ1n) is 9.35. The van der Waals surface area contributed by atoms with E-state index in [1.165, 1.54) is 4.31 Å². The molecule has 0 aliphatic carbocycles. The van der Waals surface area contributed by atoms with Crippen molar-refractivity contribution in [3.63, 3.8) is 0 Å². The summed E-state index contributed by atoms with van der Waals surface area (Å²) in [6, 6.07) is 11.9. The number of anilines is 1. The van der Waals surface area contributed by atoms with Crippen molar-refractivity contribution < 1.29 is 17.9 Å². The number of ether oxygens (including phenoxy) is 1. The molecule has 0 radical (unpaired) electrons. The summed E-state index contributed by atoms with van der Waals surface area (Å²) in [5.41, 5.74) is 0.200. The third-order valence-corrected chi connectivity index (χ3v) is 7.56. The second-order valence-electron chi connectivity index (χ2n) is 7.37. The number of nitrogens with zero attached hydrogens (tertiary/aromatic N) is 2. The Morgan fingerprint density at radius 3 is 2.57 bits per heavy atom. The Balaban J connectivity index is 1.62. The largest absolute Gasteiger partial charge is 0.381 e. The molecule has 1 atom stereocenters. The molecule has 2 aliphatic rings. The first-order valence-corrected chi connectivity index (χ1v) is 10.8. The van der Waals surface area contributed by atoms with E-state index in [-0.39, 0.29) is 17.3 Å². The molecule has 148 valence electrons. The summed E-state index contributed by atoms with van der Waals surface area (Å²) >= 11 is 0. The van der Waals surface area contributed by atoms with Crippen LogP contribution in [0, 0.1) is 11.3 Å². The van der Waals surface area contributed by atoms with Crippen molar-refractivity contribution in [3.05, 3.63) is 54.9 Å². The highest BCUT2D eigenvalue weighted by Crippen LogP contribution is 2.46. The maximum absolute atomic E-state index is 13.1. The van der Waals surface area contributed by atoms with Gasteiger partial charge in [-0.1, -0.05) is 18.2 Å². The van der Waals surface area contributed by atoms with E-state index in [2.05, 4.69) is 10.3 Å². The number of pyridine rings is 1. The van der Waals surface area contributed by atoms with E-state index < -0.39 is 21.4 Å². The molecule has 1 aromatic heterocycles. The van der Waals surface area contributed by atoms with Crippen LogP contribution in [-0.4, -0.2) is 49.9 Å². The molecule has 8 heteroatoms. The first kappa shape index (κ1) is 19.0. The number of amides is 1. The van der Waals surface area contributed by atoms with Crippen molar-refractivity contribution in [3.8, 4) is 0 Å². The first-order chi connectivity index (χ1) is 13.5. The number of nitrogens with one attached hydrogen (secondary N) is 1. The third kappa shape index (κ3) is 3.55. The fraction of sp³-hybridized carbons (Fsp3) is 0.400. The van der Waals surface area contributed by atoms with Crippen molar-refractivity contribution in [2.45, 2.75) is 17.7 Å². The third-order valence-electron chi connectivity index (χ3n) is 5.73. The lowest BCUT2D eigenvalue weighted by Crippen LogP contribution is -2.42. The number of benzene rings is 1. The predicted octanol–water partition coefficient (Wildman–Crippen LogP) is 2.14. The monoisotopic (exact) mass is 401 g/mol. The molecule has 28 heavy (non-hydrogen) atoms. The zero-order valence-electron chi connectivity index (χ0n) is 15.5. The van der Waals surface area contributed by atoms with Gasteiger partial charge in [-0.05, 0) is 37.1 Å². The summed E-state index contributed by atoms with van der Waals surface area (Å²) in [6.45, 7) is 1.58. The van der Waals surface area contributed by atoms with Gasteiger partial charge in [-0.15, -0.1) is 0 Å². The molecule has 2 aromatic rings. The summed E-state index contributed by atoms with van der Waals surface area (Å²) < 4.78 is 33.2. The summed E-state index contributed by atoms with van der Waals surface area (Å²) in [6.07, 6.45) is 4.55. The predicted molar refractivity (Wildman–Crippen MR) is 104 cm³/mol. The van der Waals surface area contributed by atoms with Crippen LogP contribution in [0.5, 0.6) is 0 Å². The van der Waals surface area contributed by atoms with Crippen LogP contribution >= 0.6 is 0 Å². The van der Waals surface area contributed by atoms with Gasteiger partial charge in [0.2, 0.25) is 15.9 Å². The van der Waals surface area contributed by atoms with E-state index in [1.54, 1.807) is 54.9 Å². The number of carbonyl (C=O) groups is 1. The van der Waals surface area contributed by atoms with Crippen LogP contribution in [0.2, 0.25) is 0 Å². The van der Waals surface area contributed by atoms with Crippen molar-refractivity contribution >= 4 is 21.6 Å². The molecule has 2 saturated heterocycles. The summed E-state index contributed by atoms with van der Waals surface area (Å²) in [5, 5.41) is 2.90. The smallest absolute Gasteiger partial charge is 0.243 e. The molecule has 2 aliphatic heterocycles. The molecule has 0 saturated carbocycles. The lowest BCUT2D eigenvalue weighted by atomic mass is 9.72. The van der Waals surface area contributed by atoms with Crippen molar-refractivity contribution in [1.82, 2.24) is 9.29 Å². The zero-order chi connectivity index (χ0) is 19.6. The number of aromatic nitrogens is 1. The molecule has 1 N–H and O–H groups in total. The van der Waals surface area contributed by atoms with Gasteiger partial charge >= 0.3 is 0 Å². The standard InChI is InChI=1S/C20H23N3O4S/c24-19(22-16-5-4-10-21-13-16)18-14-23(15-20(18)8-11-27-12-9-20)28(25,26)17-6-2-1-3-7-17/h1-7,10,13,18H,8-9,11-12,14-15H2,(H,22,24)/t18-/m1/s1. The van der Waals surface area contributed by atoms with E-state index in [4.69, 9.17) is 4.74 Å². The molecule has 7 nitrogen and oxygen atoms in total. The van der Waals surface area contributed by atoms with Crippen LogP contribution in [0.4, 0.5) is 5.69 Å². The number of carbonyl (C=O) groups excluding carboxylic acids is 1. The maximum Gasteiger partial charge on any atom is 0.243 e. The molecule has 0 bridgehead atoms. The minimum Gasteiger partial charge on any atom is -0.381 e. The van der Waals surface area contributed by atoms with Crippen LogP contribution in [0.1, 0.15) is 12.8 Å². The van der Waals surface area contributed by atoms with E-state index in [0.29, 0.717) is 38.3 Å². The fourth-order valence-electron chi connectivity index (χ4n) is 4.16. The Hall–Kier alpha value is -2.29. The minimum atomic E-state index is -3.65. The summed E-state index contributed by atoms with van der Waals surface area (Å²) in [5.74, 6) is -0.601. The van der Waals surface area contributed by atoms with Gasteiger partial charge in [-0.2, -0.15) is 4.31 Å². The van der Waals surface area contributed by atoms with Crippen molar-refractivity contribution in [1.29, 1.82) is 0 Å². The van der Waals surface area contributed by atoms with E-state index in [0.717, 1.165) is 0 Å². The van der Waals surface area contributed by atoms with Crippen molar-refractivity contribution in [2.75, 3.05) is 31.6 Å². The quantitative estimate of drug-likeness (QED) is 0.848. The van der Waals surface area contributed by atoms with Gasteiger partial charge in [0.15, 0.2) is 0 Å².